The van der Waals surface area contributed by atoms with Crippen LogP contribution in [0.5, 0.6) is 0 Å². The highest BCUT2D eigenvalue weighted by Gasteiger charge is 2.10. The number of carbonyl (C=O) groups is 2. The standard InChI is InChI=1S/C15H21ClN2O3/c1-10(2)5-3-4-8-17-15(21)18-11-6-7-13(16)12(9-11)14(19)20/h6-7,9-10H,3-5,8H2,1-2H3,(H,19,20)(H2,17,18,21). The van der Waals surface area contributed by atoms with Gasteiger partial charge < -0.3 is 15.7 Å². The molecule has 0 unspecified atom stereocenters. The Balaban J connectivity index is 2.41. The van der Waals surface area contributed by atoms with Crippen LogP contribution in [-0.4, -0.2) is 23.7 Å². The minimum absolute atomic E-state index is 0.0357. The van der Waals surface area contributed by atoms with Gasteiger partial charge in [-0.05, 0) is 30.5 Å². The molecular weight excluding hydrogens is 292 g/mol. The number of aromatic carboxylic acids is 1. The Bertz CT molecular complexity index is 504. The summed E-state index contributed by atoms with van der Waals surface area (Å²) >= 11 is 5.76. The molecule has 0 bridgehead atoms. The van der Waals surface area contributed by atoms with Crippen molar-refractivity contribution in [3.8, 4) is 0 Å². The van der Waals surface area contributed by atoms with Gasteiger partial charge in [0.15, 0.2) is 0 Å². The van der Waals surface area contributed by atoms with Crippen LogP contribution < -0.4 is 10.6 Å². The molecule has 0 saturated carbocycles. The van der Waals surface area contributed by atoms with E-state index in [1.165, 1.54) is 12.1 Å². The molecule has 0 radical (unpaired) electrons. The quantitative estimate of drug-likeness (QED) is 0.666. The zero-order chi connectivity index (χ0) is 15.8. The summed E-state index contributed by atoms with van der Waals surface area (Å²) in [4.78, 5) is 22.6. The van der Waals surface area contributed by atoms with E-state index in [9.17, 15) is 9.59 Å². The number of carboxylic acid groups (broad SMARTS) is 1. The van der Waals surface area contributed by atoms with Gasteiger partial charge in [-0.15, -0.1) is 0 Å². The van der Waals surface area contributed by atoms with Crippen molar-refractivity contribution < 1.29 is 14.7 Å². The van der Waals surface area contributed by atoms with Crippen molar-refractivity contribution in [3.05, 3.63) is 28.8 Å². The number of hydrogen-bond acceptors (Lipinski definition) is 2. The van der Waals surface area contributed by atoms with Gasteiger partial charge in [-0.1, -0.05) is 38.3 Å². The number of urea groups is 1. The number of anilines is 1. The van der Waals surface area contributed by atoms with Crippen molar-refractivity contribution in [2.75, 3.05) is 11.9 Å². The van der Waals surface area contributed by atoms with Crippen LogP contribution in [0, 0.1) is 5.92 Å². The van der Waals surface area contributed by atoms with E-state index in [-0.39, 0.29) is 16.6 Å². The minimum atomic E-state index is -1.13. The molecule has 0 spiro atoms. The monoisotopic (exact) mass is 312 g/mol. The van der Waals surface area contributed by atoms with Crippen LogP contribution >= 0.6 is 11.6 Å². The molecule has 0 aliphatic heterocycles. The Morgan fingerprint density at radius 2 is 2.00 bits per heavy atom. The van der Waals surface area contributed by atoms with Crippen LogP contribution in [0.3, 0.4) is 0 Å². The van der Waals surface area contributed by atoms with Crippen molar-refractivity contribution in [2.45, 2.75) is 33.1 Å². The summed E-state index contributed by atoms with van der Waals surface area (Å²) < 4.78 is 0. The SMILES string of the molecule is CC(C)CCCCNC(=O)Nc1ccc(Cl)c(C(=O)O)c1. The molecule has 0 heterocycles. The number of hydrogen-bond donors (Lipinski definition) is 3. The van der Waals surface area contributed by atoms with Gasteiger partial charge in [-0.25, -0.2) is 9.59 Å². The van der Waals surface area contributed by atoms with E-state index in [2.05, 4.69) is 24.5 Å². The second kappa shape index (κ2) is 8.52. The van der Waals surface area contributed by atoms with E-state index in [1.54, 1.807) is 6.07 Å². The molecule has 3 N–H and O–H groups in total. The molecule has 116 valence electrons. The molecule has 1 aromatic carbocycles. The summed E-state index contributed by atoms with van der Waals surface area (Å²) in [6.45, 7) is 4.93. The molecule has 5 nitrogen and oxygen atoms in total. The number of unbranched alkanes of at least 4 members (excludes halogenated alkanes) is 1. The number of benzene rings is 1. The fourth-order valence-corrected chi connectivity index (χ4v) is 2.02. The zero-order valence-electron chi connectivity index (χ0n) is 12.3. The third kappa shape index (κ3) is 6.49. The third-order valence-corrected chi connectivity index (χ3v) is 3.28. The smallest absolute Gasteiger partial charge is 0.337 e. The Hall–Kier alpha value is -1.75. The number of halogens is 1. The first-order chi connectivity index (χ1) is 9.90. The van der Waals surface area contributed by atoms with Crippen LogP contribution in [0.15, 0.2) is 18.2 Å². The van der Waals surface area contributed by atoms with Crippen molar-refractivity contribution in [1.29, 1.82) is 0 Å². The summed E-state index contributed by atoms with van der Waals surface area (Å²) in [5.41, 5.74) is 0.364. The van der Waals surface area contributed by atoms with E-state index in [1.807, 2.05) is 0 Å². The number of amides is 2. The highest BCUT2D eigenvalue weighted by Crippen LogP contribution is 2.20. The maximum Gasteiger partial charge on any atom is 0.337 e. The lowest BCUT2D eigenvalue weighted by Gasteiger charge is -2.09. The maximum atomic E-state index is 11.7. The van der Waals surface area contributed by atoms with E-state index in [4.69, 9.17) is 16.7 Å². The lowest BCUT2D eigenvalue weighted by Crippen LogP contribution is -2.29. The molecule has 2 amide bonds. The van der Waals surface area contributed by atoms with E-state index < -0.39 is 5.97 Å². The van der Waals surface area contributed by atoms with Gasteiger partial charge in [0.1, 0.15) is 0 Å². The van der Waals surface area contributed by atoms with Crippen LogP contribution in [0.25, 0.3) is 0 Å². The zero-order valence-corrected chi connectivity index (χ0v) is 13.0. The molecule has 0 saturated heterocycles. The summed E-state index contributed by atoms with van der Waals surface area (Å²) in [5.74, 6) is -0.458. The fourth-order valence-electron chi connectivity index (χ4n) is 1.82. The average Bonchev–Trinajstić information content (AvgIpc) is 2.40. The molecule has 0 atom stereocenters. The van der Waals surface area contributed by atoms with Crippen LogP contribution in [0.2, 0.25) is 5.02 Å². The first-order valence-corrected chi connectivity index (χ1v) is 7.35. The van der Waals surface area contributed by atoms with Gasteiger partial charge >= 0.3 is 12.0 Å². The highest BCUT2D eigenvalue weighted by molar-refractivity contribution is 6.33. The summed E-state index contributed by atoms with van der Waals surface area (Å²) in [6.07, 6.45) is 3.14. The lowest BCUT2D eigenvalue weighted by molar-refractivity contribution is 0.0697. The predicted molar refractivity (Wildman–Crippen MR) is 84.1 cm³/mol. The van der Waals surface area contributed by atoms with Crippen LogP contribution in [0.4, 0.5) is 10.5 Å². The summed E-state index contributed by atoms with van der Waals surface area (Å²) in [6, 6.07) is 4.00. The van der Waals surface area contributed by atoms with Gasteiger partial charge in [0.25, 0.3) is 0 Å². The van der Waals surface area contributed by atoms with Crippen LogP contribution in [0.1, 0.15) is 43.5 Å². The lowest BCUT2D eigenvalue weighted by atomic mass is 10.1. The van der Waals surface area contributed by atoms with Gasteiger partial charge in [-0.3, -0.25) is 0 Å². The molecular formula is C15H21ClN2O3. The highest BCUT2D eigenvalue weighted by atomic mass is 35.5. The summed E-state index contributed by atoms with van der Waals surface area (Å²) in [7, 11) is 0. The van der Waals surface area contributed by atoms with Crippen LogP contribution in [-0.2, 0) is 0 Å². The second-order valence-corrected chi connectivity index (χ2v) is 5.68. The largest absolute Gasteiger partial charge is 0.478 e. The molecule has 0 fully saturated rings. The first kappa shape index (κ1) is 17.3. The molecule has 0 aliphatic carbocycles. The van der Waals surface area contributed by atoms with E-state index in [0.717, 1.165) is 19.3 Å². The van der Waals surface area contributed by atoms with E-state index in [0.29, 0.717) is 18.2 Å². The van der Waals surface area contributed by atoms with Gasteiger partial charge in [-0.2, -0.15) is 0 Å². The van der Waals surface area contributed by atoms with Gasteiger partial charge in [0.2, 0.25) is 0 Å². The molecule has 1 aromatic rings. The van der Waals surface area contributed by atoms with Gasteiger partial charge in [0, 0.05) is 12.2 Å². The molecule has 0 aromatic heterocycles. The summed E-state index contributed by atoms with van der Waals surface area (Å²) in [5, 5.41) is 14.4. The number of nitrogens with one attached hydrogen (secondary N) is 2. The first-order valence-electron chi connectivity index (χ1n) is 6.98. The molecule has 0 aliphatic rings. The second-order valence-electron chi connectivity index (χ2n) is 5.27. The Labute approximate surface area is 129 Å². The predicted octanol–water partition coefficient (Wildman–Crippen LogP) is 3.99. The normalized spacial score (nSPS) is 10.5. The van der Waals surface area contributed by atoms with Crippen molar-refractivity contribution >= 4 is 29.3 Å². The fraction of sp³-hybridized carbons (Fsp3) is 0.467. The van der Waals surface area contributed by atoms with Crippen molar-refractivity contribution in [1.82, 2.24) is 5.32 Å². The van der Waals surface area contributed by atoms with Gasteiger partial charge in [0.05, 0.1) is 10.6 Å². The third-order valence-electron chi connectivity index (χ3n) is 2.95. The number of carboxylic acids is 1. The van der Waals surface area contributed by atoms with Crippen molar-refractivity contribution in [2.24, 2.45) is 5.92 Å². The number of carbonyl (C=O) groups excluding carboxylic acids is 1. The Kier molecular flexibility index (Phi) is 7.02. The molecule has 21 heavy (non-hydrogen) atoms. The molecule has 1 rings (SSSR count). The van der Waals surface area contributed by atoms with E-state index >= 15 is 0 Å². The maximum absolute atomic E-state index is 11.7. The Morgan fingerprint density at radius 3 is 2.62 bits per heavy atom. The Morgan fingerprint density at radius 1 is 1.29 bits per heavy atom. The molecule has 6 heteroatoms. The number of rotatable bonds is 7. The van der Waals surface area contributed by atoms with Crippen molar-refractivity contribution in [3.63, 3.8) is 0 Å². The minimum Gasteiger partial charge on any atom is -0.478 e. The topological polar surface area (TPSA) is 78.4 Å². The average molecular weight is 313 g/mol.